The second kappa shape index (κ2) is 6.76. The summed E-state index contributed by atoms with van der Waals surface area (Å²) in [5.74, 6) is 1.25. The van der Waals surface area contributed by atoms with Crippen molar-refractivity contribution in [2.24, 2.45) is 11.3 Å². The summed E-state index contributed by atoms with van der Waals surface area (Å²) in [7, 11) is 0. The van der Waals surface area contributed by atoms with E-state index in [1.165, 1.54) is 17.5 Å². The fraction of sp³-hybridized carbons (Fsp3) is 0.409. The van der Waals surface area contributed by atoms with Crippen molar-refractivity contribution in [3.8, 4) is 11.4 Å². The number of hydrogen-bond donors (Lipinski definition) is 0. The van der Waals surface area contributed by atoms with Gasteiger partial charge < -0.3 is 4.90 Å². The molecule has 0 saturated carbocycles. The number of aromatic nitrogens is 5. The molecule has 1 aliphatic carbocycles. The maximum Gasteiger partial charge on any atom is 0.255 e. The van der Waals surface area contributed by atoms with Crippen LogP contribution in [0.15, 0.2) is 47.9 Å². The molecule has 3 aromatic rings. The zero-order chi connectivity index (χ0) is 20.0. The second-order valence-corrected chi connectivity index (χ2v) is 8.92. The minimum Gasteiger partial charge on any atom is -0.341 e. The van der Waals surface area contributed by atoms with Crippen molar-refractivity contribution >= 4 is 5.95 Å². The van der Waals surface area contributed by atoms with E-state index < -0.39 is 0 Å². The van der Waals surface area contributed by atoms with Gasteiger partial charge in [-0.2, -0.15) is 0 Å². The Hall–Kier alpha value is -3.09. The van der Waals surface area contributed by atoms with Crippen LogP contribution in [0.3, 0.4) is 0 Å². The number of anilines is 1. The van der Waals surface area contributed by atoms with Gasteiger partial charge in [0, 0.05) is 49.7 Å². The van der Waals surface area contributed by atoms with Gasteiger partial charge >= 0.3 is 0 Å². The first kappa shape index (κ1) is 18.0. The molecule has 5 rings (SSSR count). The van der Waals surface area contributed by atoms with E-state index in [0.29, 0.717) is 23.9 Å². The molecule has 7 heteroatoms. The smallest absolute Gasteiger partial charge is 0.255 e. The minimum absolute atomic E-state index is 0.00194. The molecule has 0 amide bonds. The van der Waals surface area contributed by atoms with Gasteiger partial charge in [-0.05, 0) is 42.0 Å². The normalized spacial score (nSPS) is 19.7. The van der Waals surface area contributed by atoms with E-state index in [2.05, 4.69) is 39.8 Å². The molecule has 2 aliphatic rings. The molecule has 1 atom stereocenters. The number of hydrogen-bond acceptors (Lipinski definition) is 6. The fourth-order valence-electron chi connectivity index (χ4n) is 4.64. The van der Waals surface area contributed by atoms with E-state index in [4.69, 9.17) is 4.98 Å². The monoisotopic (exact) mass is 388 g/mol. The molecular formula is C22H24N6O. The van der Waals surface area contributed by atoms with Gasteiger partial charge in [0.05, 0.1) is 11.4 Å². The molecular weight excluding hydrogens is 364 g/mol. The van der Waals surface area contributed by atoms with E-state index in [1.807, 2.05) is 17.0 Å². The minimum atomic E-state index is -0.0275. The Bertz CT molecular complexity index is 1080. The van der Waals surface area contributed by atoms with Gasteiger partial charge in [0.2, 0.25) is 5.95 Å². The lowest BCUT2D eigenvalue weighted by Gasteiger charge is -2.41. The molecule has 0 fully saturated rings. The SMILES string of the molecule is CC1(C)CN(CC2Cc3ccncc3C2)c2nc(-c3ccncn3)cc(=O)n2C1. The Morgan fingerprint density at radius 1 is 1.07 bits per heavy atom. The van der Waals surface area contributed by atoms with E-state index in [1.54, 1.807) is 18.3 Å². The van der Waals surface area contributed by atoms with Crippen LogP contribution in [0.1, 0.15) is 25.0 Å². The summed E-state index contributed by atoms with van der Waals surface area (Å²) >= 11 is 0. The maximum absolute atomic E-state index is 13.0. The maximum atomic E-state index is 13.0. The van der Waals surface area contributed by atoms with Crippen LogP contribution in [-0.2, 0) is 19.4 Å². The van der Waals surface area contributed by atoms with Crippen LogP contribution < -0.4 is 10.5 Å². The van der Waals surface area contributed by atoms with E-state index in [0.717, 1.165) is 31.9 Å². The van der Waals surface area contributed by atoms with E-state index >= 15 is 0 Å². The summed E-state index contributed by atoms with van der Waals surface area (Å²) in [6.45, 7) is 6.83. The molecule has 0 saturated heterocycles. The predicted molar refractivity (Wildman–Crippen MR) is 111 cm³/mol. The lowest BCUT2D eigenvalue weighted by molar-refractivity contribution is 0.268. The highest BCUT2D eigenvalue weighted by atomic mass is 16.1. The third-order valence-corrected chi connectivity index (χ3v) is 5.82. The third-order valence-electron chi connectivity index (χ3n) is 5.82. The van der Waals surface area contributed by atoms with Crippen molar-refractivity contribution < 1.29 is 0 Å². The van der Waals surface area contributed by atoms with Gasteiger partial charge in [0.15, 0.2) is 0 Å². The van der Waals surface area contributed by atoms with Gasteiger partial charge in [0.25, 0.3) is 5.56 Å². The number of pyridine rings is 1. The van der Waals surface area contributed by atoms with Crippen LogP contribution in [-0.4, -0.2) is 37.6 Å². The molecule has 1 aliphatic heterocycles. The van der Waals surface area contributed by atoms with Crippen molar-refractivity contribution in [1.29, 1.82) is 0 Å². The van der Waals surface area contributed by atoms with Gasteiger partial charge in [-0.1, -0.05) is 13.8 Å². The Kier molecular flexibility index (Phi) is 4.19. The topological polar surface area (TPSA) is 76.8 Å². The average Bonchev–Trinajstić information content (AvgIpc) is 3.11. The van der Waals surface area contributed by atoms with E-state index in [9.17, 15) is 4.79 Å². The van der Waals surface area contributed by atoms with Crippen molar-refractivity contribution in [2.45, 2.75) is 33.2 Å². The zero-order valence-electron chi connectivity index (χ0n) is 16.7. The van der Waals surface area contributed by atoms with Gasteiger partial charge in [-0.3, -0.25) is 14.3 Å². The summed E-state index contributed by atoms with van der Waals surface area (Å²) in [6.07, 6.45) is 9.08. The summed E-state index contributed by atoms with van der Waals surface area (Å²) < 4.78 is 1.82. The molecule has 0 bridgehead atoms. The standard InChI is InChI=1S/C22H24N6O/c1-22(2)12-27(11-15-7-16-3-5-23-10-17(16)8-15)21-26-19(9-20(29)28(21)13-22)18-4-6-24-14-25-18/h3-6,9-10,14-15H,7-8,11-13H2,1-2H3. The fourth-order valence-corrected chi connectivity index (χ4v) is 4.64. The highest BCUT2D eigenvalue weighted by Gasteiger charge is 2.34. The van der Waals surface area contributed by atoms with Crippen LogP contribution in [0.25, 0.3) is 11.4 Å². The largest absolute Gasteiger partial charge is 0.341 e. The first-order chi connectivity index (χ1) is 14.0. The molecule has 0 radical (unpaired) electrons. The molecule has 0 spiro atoms. The average molecular weight is 388 g/mol. The summed E-state index contributed by atoms with van der Waals surface area (Å²) in [6, 6.07) is 5.50. The van der Waals surface area contributed by atoms with Crippen LogP contribution in [0.4, 0.5) is 5.95 Å². The quantitative estimate of drug-likeness (QED) is 0.686. The van der Waals surface area contributed by atoms with Crippen molar-refractivity contribution in [3.63, 3.8) is 0 Å². The Morgan fingerprint density at radius 3 is 2.69 bits per heavy atom. The van der Waals surface area contributed by atoms with E-state index in [-0.39, 0.29) is 11.0 Å². The van der Waals surface area contributed by atoms with Gasteiger partial charge in [-0.25, -0.2) is 15.0 Å². The van der Waals surface area contributed by atoms with Crippen LogP contribution in [0.2, 0.25) is 0 Å². The van der Waals surface area contributed by atoms with Crippen molar-refractivity contribution in [3.05, 3.63) is 64.6 Å². The lowest BCUT2D eigenvalue weighted by atomic mass is 9.90. The van der Waals surface area contributed by atoms with Crippen LogP contribution >= 0.6 is 0 Å². The third kappa shape index (κ3) is 3.41. The summed E-state index contributed by atoms with van der Waals surface area (Å²) in [5, 5.41) is 0. The Balaban J connectivity index is 1.51. The molecule has 148 valence electrons. The van der Waals surface area contributed by atoms with Crippen LogP contribution in [0.5, 0.6) is 0 Å². The second-order valence-electron chi connectivity index (χ2n) is 8.92. The van der Waals surface area contributed by atoms with Crippen molar-refractivity contribution in [2.75, 3.05) is 18.0 Å². The Morgan fingerprint density at radius 2 is 1.90 bits per heavy atom. The molecule has 1 unspecified atom stereocenters. The first-order valence-corrected chi connectivity index (χ1v) is 10.0. The Labute approximate surface area is 169 Å². The first-order valence-electron chi connectivity index (χ1n) is 10.0. The lowest BCUT2D eigenvalue weighted by Crippen LogP contribution is -2.49. The molecule has 29 heavy (non-hydrogen) atoms. The molecule has 7 nitrogen and oxygen atoms in total. The van der Waals surface area contributed by atoms with Crippen LogP contribution in [0, 0.1) is 11.3 Å². The molecule has 3 aromatic heterocycles. The molecule has 0 N–H and O–H groups in total. The van der Waals surface area contributed by atoms with Gasteiger partial charge in [-0.15, -0.1) is 0 Å². The predicted octanol–water partition coefficient (Wildman–Crippen LogP) is 2.36. The highest BCUT2D eigenvalue weighted by molar-refractivity contribution is 5.55. The van der Waals surface area contributed by atoms with Crippen molar-refractivity contribution in [1.82, 2.24) is 24.5 Å². The molecule has 0 aromatic carbocycles. The number of fused-ring (bicyclic) bond motifs is 2. The highest BCUT2D eigenvalue weighted by Crippen LogP contribution is 2.33. The van der Waals surface area contributed by atoms with Gasteiger partial charge in [0.1, 0.15) is 6.33 Å². The summed E-state index contributed by atoms with van der Waals surface area (Å²) in [4.78, 5) is 32.6. The number of rotatable bonds is 3. The summed E-state index contributed by atoms with van der Waals surface area (Å²) in [5.41, 5.74) is 3.98. The molecule has 4 heterocycles. The number of nitrogens with zero attached hydrogens (tertiary/aromatic N) is 6. The zero-order valence-corrected chi connectivity index (χ0v) is 16.7.